The number of benzene rings is 1. The molecule has 2 fully saturated rings. The molecule has 150 valence electrons. The van der Waals surface area contributed by atoms with Crippen molar-refractivity contribution in [2.24, 2.45) is 4.99 Å². The average Bonchev–Trinajstić information content (AvgIpc) is 3.51. The molecule has 6 heteroatoms. The van der Waals surface area contributed by atoms with Crippen LogP contribution in [0.1, 0.15) is 38.2 Å². The number of hydrogen-bond acceptors (Lipinski definition) is 4. The van der Waals surface area contributed by atoms with Gasteiger partial charge in [-0.1, -0.05) is 12.1 Å². The Kier molecular flexibility index (Phi) is 7.78. The van der Waals surface area contributed by atoms with Crippen LogP contribution in [0.15, 0.2) is 29.3 Å². The van der Waals surface area contributed by atoms with E-state index in [9.17, 15) is 0 Å². The highest BCUT2D eigenvalue weighted by Gasteiger charge is 2.22. The fourth-order valence-electron chi connectivity index (χ4n) is 3.26. The molecule has 0 amide bonds. The molecule has 1 aliphatic carbocycles. The SMILES string of the molecule is CCNC(=NCc1cccc(OCCN(C)C2CCOCC2)c1)NC1CC1. The normalized spacial score (nSPS) is 18.6. The first-order valence-electron chi connectivity index (χ1n) is 10.3. The van der Waals surface area contributed by atoms with Crippen LogP contribution in [0.2, 0.25) is 0 Å². The second-order valence-electron chi connectivity index (χ2n) is 7.43. The Bertz CT molecular complexity index is 598. The van der Waals surface area contributed by atoms with Gasteiger partial charge in [-0.25, -0.2) is 4.99 Å². The zero-order valence-corrected chi connectivity index (χ0v) is 16.7. The summed E-state index contributed by atoms with van der Waals surface area (Å²) in [5.41, 5.74) is 1.17. The quantitative estimate of drug-likeness (QED) is 0.513. The monoisotopic (exact) mass is 374 g/mol. The summed E-state index contributed by atoms with van der Waals surface area (Å²) >= 11 is 0. The molecule has 1 aromatic carbocycles. The van der Waals surface area contributed by atoms with Gasteiger partial charge in [0.15, 0.2) is 5.96 Å². The lowest BCUT2D eigenvalue weighted by Crippen LogP contribution is -2.38. The van der Waals surface area contributed by atoms with Gasteiger partial charge in [0.2, 0.25) is 0 Å². The van der Waals surface area contributed by atoms with E-state index < -0.39 is 0 Å². The summed E-state index contributed by atoms with van der Waals surface area (Å²) in [7, 11) is 2.18. The van der Waals surface area contributed by atoms with Gasteiger partial charge in [-0.2, -0.15) is 0 Å². The number of ether oxygens (including phenoxy) is 2. The second kappa shape index (κ2) is 10.5. The molecule has 2 N–H and O–H groups in total. The van der Waals surface area contributed by atoms with Gasteiger partial charge in [0.05, 0.1) is 6.54 Å². The molecule has 1 saturated carbocycles. The Morgan fingerprint density at radius 2 is 2.07 bits per heavy atom. The first-order chi connectivity index (χ1) is 13.2. The van der Waals surface area contributed by atoms with Crippen molar-refractivity contribution in [3.8, 4) is 5.75 Å². The number of rotatable bonds is 9. The number of nitrogens with zero attached hydrogens (tertiary/aromatic N) is 2. The number of hydrogen-bond donors (Lipinski definition) is 2. The van der Waals surface area contributed by atoms with E-state index in [1.165, 1.54) is 18.4 Å². The minimum absolute atomic E-state index is 0.602. The molecule has 6 nitrogen and oxygen atoms in total. The van der Waals surface area contributed by atoms with Gasteiger partial charge in [0.1, 0.15) is 12.4 Å². The molecule has 0 bridgehead atoms. The van der Waals surface area contributed by atoms with Crippen molar-refractivity contribution >= 4 is 5.96 Å². The van der Waals surface area contributed by atoms with Gasteiger partial charge in [-0.3, -0.25) is 4.90 Å². The van der Waals surface area contributed by atoms with Crippen molar-refractivity contribution in [2.45, 2.75) is 51.2 Å². The fourth-order valence-corrected chi connectivity index (χ4v) is 3.26. The summed E-state index contributed by atoms with van der Waals surface area (Å²) in [6, 6.07) is 9.49. The molecular formula is C21H34N4O2. The maximum absolute atomic E-state index is 5.98. The summed E-state index contributed by atoms with van der Waals surface area (Å²) < 4.78 is 11.4. The maximum Gasteiger partial charge on any atom is 0.191 e. The van der Waals surface area contributed by atoms with Crippen molar-refractivity contribution in [3.05, 3.63) is 29.8 Å². The number of aliphatic imine (C=N–C) groups is 1. The van der Waals surface area contributed by atoms with E-state index in [1.54, 1.807) is 0 Å². The van der Waals surface area contributed by atoms with E-state index in [0.29, 0.717) is 25.2 Å². The van der Waals surface area contributed by atoms with Crippen molar-refractivity contribution in [3.63, 3.8) is 0 Å². The van der Waals surface area contributed by atoms with Crippen molar-refractivity contribution < 1.29 is 9.47 Å². The molecule has 1 heterocycles. The molecule has 1 saturated heterocycles. The van der Waals surface area contributed by atoms with Crippen molar-refractivity contribution in [1.29, 1.82) is 0 Å². The predicted octanol–water partition coefficient (Wildman–Crippen LogP) is 2.39. The van der Waals surface area contributed by atoms with Crippen LogP contribution in [-0.2, 0) is 11.3 Å². The third-order valence-electron chi connectivity index (χ3n) is 5.11. The number of nitrogens with one attached hydrogen (secondary N) is 2. The minimum atomic E-state index is 0.602. The van der Waals surface area contributed by atoms with E-state index in [1.807, 2.05) is 12.1 Å². The van der Waals surface area contributed by atoms with Crippen LogP contribution in [0, 0.1) is 0 Å². The second-order valence-corrected chi connectivity index (χ2v) is 7.43. The maximum atomic E-state index is 5.98. The highest BCUT2D eigenvalue weighted by Crippen LogP contribution is 2.19. The molecule has 1 aliphatic heterocycles. The van der Waals surface area contributed by atoms with Gasteiger partial charge in [0, 0.05) is 38.4 Å². The molecule has 2 aliphatic rings. The molecule has 0 atom stereocenters. The highest BCUT2D eigenvalue weighted by molar-refractivity contribution is 5.80. The summed E-state index contributed by atoms with van der Waals surface area (Å²) in [5.74, 6) is 1.83. The molecule has 0 unspecified atom stereocenters. The third kappa shape index (κ3) is 7.03. The predicted molar refractivity (Wildman–Crippen MR) is 109 cm³/mol. The fraction of sp³-hybridized carbons (Fsp3) is 0.667. The average molecular weight is 375 g/mol. The molecule has 3 rings (SSSR count). The first-order valence-corrected chi connectivity index (χ1v) is 10.3. The molecule has 1 aromatic rings. The lowest BCUT2D eigenvalue weighted by atomic mass is 10.1. The van der Waals surface area contributed by atoms with Crippen LogP contribution in [0.4, 0.5) is 0 Å². The van der Waals surface area contributed by atoms with Crippen LogP contribution in [0.5, 0.6) is 5.75 Å². The smallest absolute Gasteiger partial charge is 0.191 e. The Balaban J connectivity index is 1.44. The zero-order valence-electron chi connectivity index (χ0n) is 16.7. The van der Waals surface area contributed by atoms with Crippen LogP contribution in [0.3, 0.4) is 0 Å². The van der Waals surface area contributed by atoms with Gasteiger partial charge in [-0.15, -0.1) is 0 Å². The van der Waals surface area contributed by atoms with Crippen molar-refractivity contribution in [2.75, 3.05) is 40.0 Å². The van der Waals surface area contributed by atoms with Gasteiger partial charge in [-0.05, 0) is 57.4 Å². The Hall–Kier alpha value is -1.79. The van der Waals surface area contributed by atoms with Crippen LogP contribution in [0.25, 0.3) is 0 Å². The summed E-state index contributed by atoms with van der Waals surface area (Å²) in [5, 5.41) is 6.76. The van der Waals surface area contributed by atoms with E-state index in [0.717, 1.165) is 50.9 Å². The van der Waals surface area contributed by atoms with Gasteiger partial charge < -0.3 is 20.1 Å². The van der Waals surface area contributed by atoms with E-state index in [-0.39, 0.29) is 0 Å². The zero-order chi connectivity index (χ0) is 18.9. The topological polar surface area (TPSA) is 58.1 Å². The summed E-state index contributed by atoms with van der Waals surface area (Å²) in [4.78, 5) is 7.09. The Morgan fingerprint density at radius 3 is 2.81 bits per heavy atom. The van der Waals surface area contributed by atoms with Crippen LogP contribution >= 0.6 is 0 Å². The van der Waals surface area contributed by atoms with E-state index >= 15 is 0 Å². The third-order valence-corrected chi connectivity index (χ3v) is 5.11. The van der Waals surface area contributed by atoms with E-state index in [2.05, 4.69) is 41.6 Å². The van der Waals surface area contributed by atoms with Crippen molar-refractivity contribution in [1.82, 2.24) is 15.5 Å². The van der Waals surface area contributed by atoms with Gasteiger partial charge >= 0.3 is 0 Å². The van der Waals surface area contributed by atoms with Crippen LogP contribution < -0.4 is 15.4 Å². The highest BCUT2D eigenvalue weighted by atomic mass is 16.5. The summed E-state index contributed by atoms with van der Waals surface area (Å²) in [6.45, 7) is 7.01. The lowest BCUT2D eigenvalue weighted by Gasteiger charge is -2.31. The lowest BCUT2D eigenvalue weighted by molar-refractivity contribution is 0.0392. The Morgan fingerprint density at radius 1 is 1.26 bits per heavy atom. The molecule has 0 radical (unpaired) electrons. The van der Waals surface area contributed by atoms with Gasteiger partial charge in [0.25, 0.3) is 0 Å². The number of likely N-dealkylation sites (N-methyl/N-ethyl adjacent to an activating group) is 1. The molecule has 27 heavy (non-hydrogen) atoms. The standard InChI is InChI=1S/C21H34N4O2/c1-3-22-21(24-18-7-8-18)23-16-17-5-4-6-20(15-17)27-14-11-25(2)19-9-12-26-13-10-19/h4-6,15,18-19H,3,7-14,16H2,1-2H3,(H2,22,23,24). The molecular weight excluding hydrogens is 340 g/mol. The Labute approximate surface area is 163 Å². The van der Waals surface area contributed by atoms with Crippen LogP contribution in [-0.4, -0.2) is 62.9 Å². The largest absolute Gasteiger partial charge is 0.492 e. The minimum Gasteiger partial charge on any atom is -0.492 e. The molecule has 0 spiro atoms. The van der Waals surface area contributed by atoms with E-state index in [4.69, 9.17) is 14.5 Å². The number of guanidine groups is 1. The first kappa shape index (κ1) is 20.0. The molecule has 0 aromatic heterocycles. The summed E-state index contributed by atoms with van der Waals surface area (Å²) in [6.07, 6.45) is 4.73.